The number of pyridine rings is 1. The summed E-state index contributed by atoms with van der Waals surface area (Å²) < 4.78 is 15.5. The van der Waals surface area contributed by atoms with Gasteiger partial charge in [-0.1, -0.05) is 6.92 Å². The molecule has 3 rings (SSSR count). The third-order valence-corrected chi connectivity index (χ3v) is 3.88. The first kappa shape index (κ1) is 12.3. The highest BCUT2D eigenvalue weighted by Crippen LogP contribution is 2.37. The summed E-state index contributed by atoms with van der Waals surface area (Å²) in [6.07, 6.45) is 1.27. The molecule has 1 fully saturated rings. The van der Waals surface area contributed by atoms with Gasteiger partial charge in [-0.05, 0) is 12.3 Å². The molecule has 6 nitrogen and oxygen atoms in total. The number of rotatable bonds is 1. The number of halogens is 1. The van der Waals surface area contributed by atoms with Crippen molar-refractivity contribution < 1.29 is 14.6 Å². The number of nitrogens with two attached hydrogens (primary N) is 1. The van der Waals surface area contributed by atoms with E-state index in [4.69, 9.17) is 5.73 Å². The summed E-state index contributed by atoms with van der Waals surface area (Å²) in [5.74, 6) is -0.445. The molecule has 2 heterocycles. The number of aromatic nitrogens is 3. The fourth-order valence-electron chi connectivity index (χ4n) is 2.79. The van der Waals surface area contributed by atoms with Crippen molar-refractivity contribution in [2.75, 3.05) is 5.73 Å². The molecule has 0 radical (unpaired) electrons. The van der Waals surface area contributed by atoms with Crippen LogP contribution in [0.5, 0.6) is 0 Å². The van der Waals surface area contributed by atoms with Gasteiger partial charge in [0.2, 0.25) is 0 Å². The molecule has 0 aliphatic heterocycles. The molecule has 0 amide bonds. The van der Waals surface area contributed by atoms with Crippen LogP contribution in [-0.2, 0) is 0 Å². The molecule has 2 aromatic rings. The Morgan fingerprint density at radius 1 is 1.37 bits per heavy atom. The van der Waals surface area contributed by atoms with Gasteiger partial charge in [0.15, 0.2) is 11.6 Å². The number of anilines is 1. The van der Waals surface area contributed by atoms with Crippen molar-refractivity contribution in [3.63, 3.8) is 0 Å². The van der Waals surface area contributed by atoms with Crippen LogP contribution in [0.2, 0.25) is 0 Å². The van der Waals surface area contributed by atoms with Crippen LogP contribution in [0, 0.1) is 11.7 Å². The Bertz CT molecular complexity index is 629. The maximum Gasteiger partial charge on any atom is 0.167 e. The van der Waals surface area contributed by atoms with E-state index < -0.39 is 24.1 Å². The van der Waals surface area contributed by atoms with Gasteiger partial charge >= 0.3 is 0 Å². The summed E-state index contributed by atoms with van der Waals surface area (Å²) >= 11 is 0. The van der Waals surface area contributed by atoms with Crippen LogP contribution in [0.15, 0.2) is 12.5 Å². The summed E-state index contributed by atoms with van der Waals surface area (Å²) in [4.78, 5) is 7.76. The first-order valence-electron chi connectivity index (χ1n) is 6.13. The maximum atomic E-state index is 13.9. The van der Waals surface area contributed by atoms with E-state index in [-0.39, 0.29) is 22.8 Å². The van der Waals surface area contributed by atoms with Gasteiger partial charge < -0.3 is 20.5 Å². The minimum atomic E-state index is -0.943. The van der Waals surface area contributed by atoms with Gasteiger partial charge in [-0.3, -0.25) is 0 Å². The molecule has 4 N–H and O–H groups in total. The zero-order valence-electron chi connectivity index (χ0n) is 10.4. The molecular formula is C12H15FN4O2. The second-order valence-corrected chi connectivity index (χ2v) is 5.10. The predicted octanol–water partition coefficient (Wildman–Crippen LogP) is 0.455. The minimum absolute atomic E-state index is 0.0558. The van der Waals surface area contributed by atoms with E-state index in [2.05, 4.69) is 9.97 Å². The largest absolute Gasteiger partial charge is 0.390 e. The van der Waals surface area contributed by atoms with Crippen LogP contribution in [0.4, 0.5) is 10.2 Å². The lowest BCUT2D eigenvalue weighted by molar-refractivity contribution is 0.00965. The molecule has 0 aromatic carbocycles. The quantitative estimate of drug-likeness (QED) is 0.696. The second-order valence-electron chi connectivity index (χ2n) is 5.10. The second kappa shape index (κ2) is 4.14. The van der Waals surface area contributed by atoms with E-state index in [0.717, 1.165) is 6.20 Å². The molecule has 0 spiro atoms. The van der Waals surface area contributed by atoms with Crippen molar-refractivity contribution in [3.05, 3.63) is 18.3 Å². The van der Waals surface area contributed by atoms with Crippen molar-refractivity contribution >= 4 is 16.9 Å². The van der Waals surface area contributed by atoms with Crippen LogP contribution in [0.25, 0.3) is 11.0 Å². The number of aliphatic hydroxyl groups excluding tert-OH is 2. The summed E-state index contributed by atoms with van der Waals surface area (Å²) in [7, 11) is 0. The van der Waals surface area contributed by atoms with Crippen molar-refractivity contribution in [2.45, 2.75) is 31.6 Å². The van der Waals surface area contributed by atoms with Crippen molar-refractivity contribution in [1.82, 2.24) is 14.5 Å². The molecule has 102 valence electrons. The Kier molecular flexibility index (Phi) is 2.68. The maximum absolute atomic E-state index is 13.9. The van der Waals surface area contributed by atoms with Gasteiger partial charge in [0, 0.05) is 0 Å². The lowest BCUT2D eigenvalue weighted by Crippen LogP contribution is -2.28. The molecule has 1 aliphatic rings. The zero-order chi connectivity index (χ0) is 13.7. The monoisotopic (exact) mass is 266 g/mol. The van der Waals surface area contributed by atoms with Crippen LogP contribution in [0.1, 0.15) is 19.4 Å². The fraction of sp³-hybridized carbons (Fsp3) is 0.500. The molecule has 0 bridgehead atoms. The first-order valence-corrected chi connectivity index (χ1v) is 6.13. The summed E-state index contributed by atoms with van der Waals surface area (Å²) in [6.45, 7) is 1.85. The number of aliphatic hydroxyl groups is 2. The van der Waals surface area contributed by atoms with Gasteiger partial charge in [-0.15, -0.1) is 0 Å². The summed E-state index contributed by atoms with van der Waals surface area (Å²) in [6, 6.07) is -0.411. The molecule has 7 heteroatoms. The van der Waals surface area contributed by atoms with Gasteiger partial charge in [-0.25, -0.2) is 14.4 Å². The SMILES string of the molecule is C[C@H]1C[C@@H](n2cnc3c(N)ncc(F)c32)[C@H](O)[C@@H]1O. The van der Waals surface area contributed by atoms with Crippen molar-refractivity contribution in [2.24, 2.45) is 5.92 Å². The van der Waals surface area contributed by atoms with Crippen molar-refractivity contribution in [3.8, 4) is 0 Å². The Morgan fingerprint density at radius 3 is 2.74 bits per heavy atom. The third kappa shape index (κ3) is 1.69. The lowest BCUT2D eigenvalue weighted by Gasteiger charge is -2.18. The Morgan fingerprint density at radius 2 is 2.11 bits per heavy atom. The average Bonchev–Trinajstić information content (AvgIpc) is 2.92. The zero-order valence-corrected chi connectivity index (χ0v) is 10.4. The van der Waals surface area contributed by atoms with E-state index in [9.17, 15) is 14.6 Å². The summed E-state index contributed by atoms with van der Waals surface area (Å²) in [5.41, 5.74) is 6.16. The lowest BCUT2D eigenvalue weighted by atomic mass is 10.1. The van der Waals surface area contributed by atoms with E-state index in [0.29, 0.717) is 6.42 Å². The fourth-order valence-corrected chi connectivity index (χ4v) is 2.79. The number of nitrogens with zero attached hydrogens (tertiary/aromatic N) is 3. The van der Waals surface area contributed by atoms with E-state index >= 15 is 0 Å². The molecule has 2 aromatic heterocycles. The summed E-state index contributed by atoms with van der Waals surface area (Å²) in [5, 5.41) is 19.9. The molecule has 1 saturated carbocycles. The highest BCUT2D eigenvalue weighted by Gasteiger charge is 2.40. The number of hydrogen-bond acceptors (Lipinski definition) is 5. The number of hydrogen-bond donors (Lipinski definition) is 3. The van der Waals surface area contributed by atoms with E-state index in [1.165, 1.54) is 6.33 Å². The van der Waals surface area contributed by atoms with E-state index in [1.807, 2.05) is 6.92 Å². The normalized spacial score (nSPS) is 31.2. The Labute approximate surface area is 108 Å². The van der Waals surface area contributed by atoms with Gasteiger partial charge in [0.05, 0.1) is 24.7 Å². The molecule has 19 heavy (non-hydrogen) atoms. The Balaban J connectivity index is 2.14. The van der Waals surface area contributed by atoms with E-state index in [1.54, 1.807) is 4.57 Å². The molecule has 0 unspecified atom stereocenters. The van der Waals surface area contributed by atoms with Crippen LogP contribution >= 0.6 is 0 Å². The van der Waals surface area contributed by atoms with Crippen molar-refractivity contribution in [1.29, 1.82) is 0 Å². The molecular weight excluding hydrogens is 251 g/mol. The minimum Gasteiger partial charge on any atom is -0.390 e. The topological polar surface area (TPSA) is 97.2 Å². The van der Waals surface area contributed by atoms with Crippen LogP contribution in [0.3, 0.4) is 0 Å². The molecule has 4 atom stereocenters. The predicted molar refractivity (Wildman–Crippen MR) is 66.7 cm³/mol. The number of nitrogen functional groups attached to an aromatic ring is 1. The third-order valence-electron chi connectivity index (χ3n) is 3.88. The van der Waals surface area contributed by atoms with Gasteiger partial charge in [0.25, 0.3) is 0 Å². The number of fused-ring (bicyclic) bond motifs is 1. The average molecular weight is 266 g/mol. The van der Waals surface area contributed by atoms with Crippen LogP contribution < -0.4 is 5.73 Å². The first-order chi connectivity index (χ1) is 9.00. The van der Waals surface area contributed by atoms with Gasteiger partial charge in [0.1, 0.15) is 17.1 Å². The smallest absolute Gasteiger partial charge is 0.167 e. The van der Waals surface area contributed by atoms with Gasteiger partial charge in [-0.2, -0.15) is 0 Å². The highest BCUT2D eigenvalue weighted by atomic mass is 19.1. The highest BCUT2D eigenvalue weighted by molar-refractivity contribution is 5.85. The molecule has 1 aliphatic carbocycles. The number of imidazole rings is 1. The molecule has 0 saturated heterocycles. The Hall–Kier alpha value is -1.73. The standard InChI is InChI=1S/C12H15FN4O2/c1-5-2-7(11(19)10(5)18)17-4-16-8-9(17)6(13)3-15-12(8)14/h3-5,7,10-11,18-19H,2H2,1H3,(H2,14,15)/t5-,7+,10+,11-/m0/s1. The van der Waals surface area contributed by atoms with Crippen LogP contribution in [-0.4, -0.2) is 37.0 Å².